The van der Waals surface area contributed by atoms with Crippen LogP contribution in [0.25, 0.3) is 0 Å². The van der Waals surface area contributed by atoms with Crippen molar-refractivity contribution in [2.24, 2.45) is 0 Å². The number of benzene rings is 1. The Balaban J connectivity index is 1.40. The quantitative estimate of drug-likeness (QED) is 0.863. The molecule has 138 valence electrons. The average molecular weight is 355 g/mol. The minimum Gasteiger partial charge on any atom is -0.496 e. The van der Waals surface area contributed by atoms with Crippen molar-refractivity contribution < 1.29 is 14.1 Å². The zero-order valence-corrected chi connectivity index (χ0v) is 15.1. The molecule has 1 saturated carbocycles. The second-order valence-electron chi connectivity index (χ2n) is 7.25. The Morgan fingerprint density at radius 3 is 3.00 bits per heavy atom. The summed E-state index contributed by atoms with van der Waals surface area (Å²) in [5.41, 5.74) is 2.08. The normalized spacial score (nSPS) is 20.7. The van der Waals surface area contributed by atoms with Gasteiger partial charge in [0.2, 0.25) is 5.76 Å². The average Bonchev–Trinajstić information content (AvgIpc) is 3.34. The van der Waals surface area contributed by atoms with Crippen LogP contribution in [0.2, 0.25) is 0 Å². The van der Waals surface area contributed by atoms with Crippen LogP contribution in [0.3, 0.4) is 0 Å². The molecule has 1 saturated heterocycles. The highest BCUT2D eigenvalue weighted by Crippen LogP contribution is 2.29. The van der Waals surface area contributed by atoms with Crippen molar-refractivity contribution in [3.8, 4) is 5.75 Å². The number of nitrogens with zero attached hydrogens (tertiary/aromatic N) is 2. The molecule has 6 nitrogen and oxygen atoms in total. The monoisotopic (exact) mass is 355 g/mol. The number of amides is 1. The van der Waals surface area contributed by atoms with Crippen molar-refractivity contribution >= 4 is 5.91 Å². The number of methoxy groups -OCH3 is 1. The van der Waals surface area contributed by atoms with Gasteiger partial charge in [-0.25, -0.2) is 0 Å². The lowest BCUT2D eigenvalue weighted by molar-refractivity contribution is 0.0914. The predicted molar refractivity (Wildman–Crippen MR) is 97.2 cm³/mol. The van der Waals surface area contributed by atoms with Crippen LogP contribution in [-0.2, 0) is 6.54 Å². The third-order valence-corrected chi connectivity index (χ3v) is 5.18. The highest BCUT2D eigenvalue weighted by Gasteiger charge is 2.28. The second kappa shape index (κ2) is 7.50. The highest BCUT2D eigenvalue weighted by atomic mass is 16.5. The first-order valence-electron chi connectivity index (χ1n) is 9.34. The number of ether oxygens (including phenoxy) is 1. The first-order valence-corrected chi connectivity index (χ1v) is 9.34. The van der Waals surface area contributed by atoms with Crippen molar-refractivity contribution in [3.63, 3.8) is 0 Å². The fourth-order valence-electron chi connectivity index (χ4n) is 3.59. The maximum Gasteiger partial charge on any atom is 0.290 e. The van der Waals surface area contributed by atoms with Crippen LogP contribution in [0.4, 0.5) is 0 Å². The van der Waals surface area contributed by atoms with E-state index in [4.69, 9.17) is 9.26 Å². The van der Waals surface area contributed by atoms with Gasteiger partial charge >= 0.3 is 0 Å². The van der Waals surface area contributed by atoms with Crippen LogP contribution < -0.4 is 10.1 Å². The molecule has 2 aliphatic rings. The van der Waals surface area contributed by atoms with E-state index < -0.39 is 0 Å². The van der Waals surface area contributed by atoms with Crippen molar-refractivity contribution in [2.75, 3.05) is 20.2 Å². The number of rotatable bonds is 6. The fourth-order valence-corrected chi connectivity index (χ4v) is 3.59. The molecule has 1 aliphatic heterocycles. The van der Waals surface area contributed by atoms with E-state index >= 15 is 0 Å². The molecular formula is C20H25N3O3. The van der Waals surface area contributed by atoms with E-state index in [1.54, 1.807) is 7.11 Å². The van der Waals surface area contributed by atoms with Crippen LogP contribution >= 0.6 is 0 Å². The molecule has 0 unspecified atom stereocenters. The number of para-hydroxylation sites is 1. The number of piperidine rings is 1. The Labute approximate surface area is 153 Å². The molecule has 1 N–H and O–H groups in total. The molecule has 0 bridgehead atoms. The SMILES string of the molecule is COc1ccccc1CN1CCC[C@H](c2cc(C(=O)NC3CC3)on2)C1. The van der Waals surface area contributed by atoms with E-state index in [9.17, 15) is 4.79 Å². The summed E-state index contributed by atoms with van der Waals surface area (Å²) in [6.45, 7) is 2.82. The number of aromatic nitrogens is 1. The van der Waals surface area contributed by atoms with Gasteiger partial charge < -0.3 is 14.6 Å². The molecule has 0 radical (unpaired) electrons. The summed E-state index contributed by atoms with van der Waals surface area (Å²) in [5, 5.41) is 7.12. The number of likely N-dealkylation sites (tertiary alicyclic amines) is 1. The molecule has 1 amide bonds. The maximum absolute atomic E-state index is 12.1. The zero-order chi connectivity index (χ0) is 17.9. The van der Waals surface area contributed by atoms with E-state index in [-0.39, 0.29) is 5.91 Å². The molecule has 1 aliphatic carbocycles. The largest absolute Gasteiger partial charge is 0.496 e. The molecule has 2 heterocycles. The molecule has 1 aromatic heterocycles. The highest BCUT2D eigenvalue weighted by molar-refractivity contribution is 5.91. The van der Waals surface area contributed by atoms with Crippen molar-refractivity contribution in [1.82, 2.24) is 15.4 Å². The topological polar surface area (TPSA) is 67.6 Å². The van der Waals surface area contributed by atoms with Gasteiger partial charge in [-0.15, -0.1) is 0 Å². The lowest BCUT2D eigenvalue weighted by Crippen LogP contribution is -2.34. The Bertz CT molecular complexity index is 769. The van der Waals surface area contributed by atoms with Gasteiger partial charge in [0, 0.05) is 36.7 Å². The van der Waals surface area contributed by atoms with E-state index in [1.807, 2.05) is 24.3 Å². The van der Waals surface area contributed by atoms with E-state index in [0.29, 0.717) is 17.7 Å². The zero-order valence-electron chi connectivity index (χ0n) is 15.1. The Morgan fingerprint density at radius 2 is 2.19 bits per heavy atom. The Morgan fingerprint density at radius 1 is 1.35 bits per heavy atom. The summed E-state index contributed by atoms with van der Waals surface area (Å²) in [4.78, 5) is 14.5. The van der Waals surface area contributed by atoms with E-state index in [2.05, 4.69) is 21.4 Å². The summed E-state index contributed by atoms with van der Waals surface area (Å²) >= 11 is 0. The molecule has 2 aromatic rings. The molecule has 1 aromatic carbocycles. The third-order valence-electron chi connectivity index (χ3n) is 5.18. The maximum atomic E-state index is 12.1. The van der Waals surface area contributed by atoms with E-state index in [0.717, 1.165) is 56.8 Å². The lowest BCUT2D eigenvalue weighted by Gasteiger charge is -2.32. The summed E-state index contributed by atoms with van der Waals surface area (Å²) < 4.78 is 10.8. The summed E-state index contributed by atoms with van der Waals surface area (Å²) in [6, 6.07) is 10.3. The first kappa shape index (κ1) is 17.1. The van der Waals surface area contributed by atoms with E-state index in [1.165, 1.54) is 5.56 Å². The fraction of sp³-hybridized carbons (Fsp3) is 0.500. The predicted octanol–water partition coefficient (Wildman–Crippen LogP) is 2.96. The number of carbonyl (C=O) groups excluding carboxylic acids is 1. The van der Waals surface area contributed by atoms with Gasteiger partial charge in [0.25, 0.3) is 5.91 Å². The van der Waals surface area contributed by atoms with Crippen molar-refractivity contribution in [3.05, 3.63) is 47.3 Å². The van der Waals surface area contributed by atoms with Crippen LogP contribution in [0.1, 0.15) is 53.4 Å². The second-order valence-corrected chi connectivity index (χ2v) is 7.25. The van der Waals surface area contributed by atoms with Gasteiger partial charge in [0.15, 0.2) is 0 Å². The number of hydrogen-bond donors (Lipinski definition) is 1. The minimum absolute atomic E-state index is 0.145. The van der Waals surface area contributed by atoms with Crippen molar-refractivity contribution in [1.29, 1.82) is 0 Å². The number of hydrogen-bond acceptors (Lipinski definition) is 5. The molecule has 1 atom stereocenters. The van der Waals surface area contributed by atoms with Crippen LogP contribution in [-0.4, -0.2) is 42.2 Å². The summed E-state index contributed by atoms with van der Waals surface area (Å²) in [6.07, 6.45) is 4.30. The summed E-state index contributed by atoms with van der Waals surface area (Å²) in [5.74, 6) is 1.40. The molecule has 2 fully saturated rings. The molecule has 4 rings (SSSR count). The van der Waals surface area contributed by atoms with Gasteiger partial charge in [-0.1, -0.05) is 23.4 Å². The van der Waals surface area contributed by atoms with Crippen LogP contribution in [0.5, 0.6) is 5.75 Å². The van der Waals surface area contributed by atoms with Crippen LogP contribution in [0, 0.1) is 0 Å². The first-order chi connectivity index (χ1) is 12.7. The number of carbonyl (C=O) groups is 1. The van der Waals surface area contributed by atoms with Gasteiger partial charge in [0.05, 0.1) is 12.8 Å². The Kier molecular flexibility index (Phi) is 4.93. The van der Waals surface area contributed by atoms with Crippen molar-refractivity contribution in [2.45, 2.75) is 44.2 Å². The van der Waals surface area contributed by atoms with Gasteiger partial charge in [0.1, 0.15) is 5.75 Å². The third kappa shape index (κ3) is 3.90. The molecule has 6 heteroatoms. The minimum atomic E-state index is -0.145. The van der Waals surface area contributed by atoms with Gasteiger partial charge in [-0.3, -0.25) is 9.69 Å². The van der Waals surface area contributed by atoms with Gasteiger partial charge in [-0.2, -0.15) is 0 Å². The van der Waals surface area contributed by atoms with Crippen LogP contribution in [0.15, 0.2) is 34.9 Å². The molecule has 0 spiro atoms. The molecule has 26 heavy (non-hydrogen) atoms. The Hall–Kier alpha value is -2.34. The summed E-state index contributed by atoms with van der Waals surface area (Å²) in [7, 11) is 1.71. The number of nitrogens with one attached hydrogen (secondary N) is 1. The molecular weight excluding hydrogens is 330 g/mol. The smallest absolute Gasteiger partial charge is 0.290 e. The standard InChI is InChI=1S/C20H25N3O3/c1-25-18-7-3-2-5-15(18)13-23-10-4-6-14(12-23)17-11-19(26-22-17)20(24)21-16-8-9-16/h2-3,5,7,11,14,16H,4,6,8-10,12-13H2,1H3,(H,21,24)/t14-/m0/s1. The lowest BCUT2D eigenvalue weighted by atomic mass is 9.94. The van der Waals surface area contributed by atoms with Gasteiger partial charge in [-0.05, 0) is 38.3 Å².